The molecule has 1 atom stereocenters. The van der Waals surface area contributed by atoms with Crippen LogP contribution in [0, 0.1) is 10.1 Å². The van der Waals surface area contributed by atoms with Crippen LogP contribution in [0.3, 0.4) is 0 Å². The van der Waals surface area contributed by atoms with Crippen molar-refractivity contribution in [2.75, 3.05) is 37.7 Å². The van der Waals surface area contributed by atoms with Gasteiger partial charge in [-0.25, -0.2) is 4.79 Å². The molecule has 1 aromatic carbocycles. The van der Waals surface area contributed by atoms with E-state index in [0.29, 0.717) is 38.5 Å². The van der Waals surface area contributed by atoms with E-state index >= 15 is 0 Å². The molecule has 0 radical (unpaired) electrons. The van der Waals surface area contributed by atoms with Gasteiger partial charge in [0.2, 0.25) is 0 Å². The molecule has 26 heavy (non-hydrogen) atoms. The summed E-state index contributed by atoms with van der Waals surface area (Å²) < 4.78 is 10.4. The van der Waals surface area contributed by atoms with E-state index in [1.165, 1.54) is 25.1 Å². The van der Waals surface area contributed by atoms with Gasteiger partial charge in [0.25, 0.3) is 11.6 Å². The van der Waals surface area contributed by atoms with Crippen molar-refractivity contribution in [2.45, 2.75) is 26.4 Å². The topological polar surface area (TPSA) is 111 Å². The number of anilines is 1. The lowest BCUT2D eigenvalue weighted by Crippen LogP contribution is -2.37. The van der Waals surface area contributed by atoms with Crippen molar-refractivity contribution < 1.29 is 24.0 Å². The highest BCUT2D eigenvalue weighted by Crippen LogP contribution is 2.30. The summed E-state index contributed by atoms with van der Waals surface area (Å²) in [6, 6.07) is 4.18. The number of nitro benzene ring substituents is 1. The number of nitro groups is 1. The van der Waals surface area contributed by atoms with Crippen molar-refractivity contribution >= 4 is 23.3 Å². The van der Waals surface area contributed by atoms with Crippen molar-refractivity contribution in [2.24, 2.45) is 0 Å². The number of rotatable bonds is 7. The van der Waals surface area contributed by atoms with Crippen molar-refractivity contribution in [1.82, 2.24) is 5.32 Å². The second-order valence-corrected chi connectivity index (χ2v) is 5.90. The Hall–Kier alpha value is -2.68. The maximum Gasteiger partial charge on any atom is 0.339 e. The average Bonchev–Trinajstić information content (AvgIpc) is 2.66. The zero-order chi connectivity index (χ0) is 19.1. The summed E-state index contributed by atoms with van der Waals surface area (Å²) in [5, 5.41) is 14.0. The number of esters is 1. The maximum absolute atomic E-state index is 12.2. The summed E-state index contributed by atoms with van der Waals surface area (Å²) >= 11 is 0. The molecular weight excluding hydrogens is 342 g/mol. The number of ether oxygens (including phenoxy) is 2. The van der Waals surface area contributed by atoms with Crippen LogP contribution in [0.25, 0.3) is 0 Å². The Kier molecular flexibility index (Phi) is 6.90. The summed E-state index contributed by atoms with van der Waals surface area (Å²) in [4.78, 5) is 36.8. The Balaban J connectivity index is 2.14. The van der Waals surface area contributed by atoms with E-state index in [1.54, 1.807) is 0 Å². The van der Waals surface area contributed by atoms with Crippen LogP contribution in [0.1, 0.15) is 30.6 Å². The highest BCUT2D eigenvalue weighted by atomic mass is 16.6. The van der Waals surface area contributed by atoms with E-state index in [4.69, 9.17) is 9.47 Å². The molecule has 1 aromatic rings. The first-order valence-corrected chi connectivity index (χ1v) is 8.53. The number of carbonyl (C=O) groups is 2. The molecule has 0 aromatic heterocycles. The van der Waals surface area contributed by atoms with E-state index in [-0.39, 0.29) is 11.3 Å². The third-order valence-electron chi connectivity index (χ3n) is 3.96. The smallest absolute Gasteiger partial charge is 0.339 e. The molecule has 9 heteroatoms. The first kappa shape index (κ1) is 19.6. The number of benzene rings is 1. The van der Waals surface area contributed by atoms with Crippen LogP contribution in [-0.4, -0.2) is 55.8 Å². The Morgan fingerprint density at radius 2 is 2.08 bits per heavy atom. The standard InChI is InChI=1S/C17H23N3O6/c1-3-6-18-16(21)12(2)26-17(22)13-4-5-14(15(11-13)20(23)24)19-7-9-25-10-8-19/h4-5,11-12H,3,6-10H2,1-2H3,(H,18,21). The molecule has 1 fully saturated rings. The van der Waals surface area contributed by atoms with Crippen LogP contribution < -0.4 is 10.2 Å². The number of hydrogen-bond acceptors (Lipinski definition) is 7. The van der Waals surface area contributed by atoms with Gasteiger partial charge in [-0.15, -0.1) is 0 Å². The summed E-state index contributed by atoms with van der Waals surface area (Å²) in [5.41, 5.74) is 0.289. The van der Waals surface area contributed by atoms with Gasteiger partial charge in [0.05, 0.1) is 23.7 Å². The fraction of sp³-hybridized carbons (Fsp3) is 0.529. The average molecular weight is 365 g/mol. The molecule has 0 aliphatic carbocycles. The number of nitrogens with zero attached hydrogens (tertiary/aromatic N) is 2. The van der Waals surface area contributed by atoms with Gasteiger partial charge >= 0.3 is 5.97 Å². The number of morpholine rings is 1. The van der Waals surface area contributed by atoms with E-state index in [2.05, 4.69) is 5.32 Å². The van der Waals surface area contributed by atoms with Crippen molar-refractivity contribution in [1.29, 1.82) is 0 Å². The number of amides is 1. The molecule has 1 aliphatic heterocycles. The minimum absolute atomic E-state index is 0.0313. The molecule has 142 valence electrons. The minimum atomic E-state index is -0.980. The van der Waals surface area contributed by atoms with E-state index in [1.807, 2.05) is 11.8 Å². The zero-order valence-electron chi connectivity index (χ0n) is 14.9. The summed E-state index contributed by atoms with van der Waals surface area (Å²) in [7, 11) is 0. The second kappa shape index (κ2) is 9.14. The van der Waals surface area contributed by atoms with Gasteiger partial charge in [-0.3, -0.25) is 14.9 Å². The largest absolute Gasteiger partial charge is 0.449 e. The minimum Gasteiger partial charge on any atom is -0.449 e. The molecule has 1 saturated heterocycles. The molecular formula is C17H23N3O6. The van der Waals surface area contributed by atoms with Crippen LogP contribution >= 0.6 is 0 Å². The van der Waals surface area contributed by atoms with Crippen LogP contribution in [0.15, 0.2) is 18.2 Å². The lowest BCUT2D eigenvalue weighted by Gasteiger charge is -2.28. The molecule has 1 unspecified atom stereocenters. The van der Waals surface area contributed by atoms with Crippen LogP contribution in [0.4, 0.5) is 11.4 Å². The van der Waals surface area contributed by atoms with Gasteiger partial charge in [-0.05, 0) is 25.5 Å². The van der Waals surface area contributed by atoms with Gasteiger partial charge in [0.15, 0.2) is 6.10 Å². The monoisotopic (exact) mass is 365 g/mol. The fourth-order valence-electron chi connectivity index (χ4n) is 2.54. The molecule has 1 heterocycles. The third kappa shape index (κ3) is 4.92. The Labute approximate surface area is 151 Å². The SMILES string of the molecule is CCCNC(=O)C(C)OC(=O)c1ccc(N2CCOCC2)c([N+](=O)[O-])c1. The first-order valence-electron chi connectivity index (χ1n) is 8.53. The van der Waals surface area contributed by atoms with Gasteiger partial charge < -0.3 is 19.7 Å². The Morgan fingerprint density at radius 3 is 2.69 bits per heavy atom. The van der Waals surface area contributed by atoms with Crippen molar-refractivity contribution in [3.63, 3.8) is 0 Å². The highest BCUT2D eigenvalue weighted by Gasteiger charge is 2.25. The normalized spacial score (nSPS) is 15.2. The van der Waals surface area contributed by atoms with Crippen LogP contribution in [0.2, 0.25) is 0 Å². The predicted molar refractivity (Wildman–Crippen MR) is 94.3 cm³/mol. The van der Waals surface area contributed by atoms with E-state index < -0.39 is 22.9 Å². The van der Waals surface area contributed by atoms with E-state index in [0.717, 1.165) is 6.42 Å². The molecule has 2 rings (SSSR count). The lowest BCUT2D eigenvalue weighted by atomic mass is 10.1. The molecule has 1 amide bonds. The van der Waals surface area contributed by atoms with Gasteiger partial charge in [0, 0.05) is 25.7 Å². The van der Waals surface area contributed by atoms with Crippen LogP contribution in [0.5, 0.6) is 0 Å². The molecule has 1 aliphatic rings. The summed E-state index contributed by atoms with van der Waals surface area (Å²) in [5.74, 6) is -1.18. The first-order chi connectivity index (χ1) is 12.4. The number of hydrogen-bond donors (Lipinski definition) is 1. The van der Waals surface area contributed by atoms with Crippen molar-refractivity contribution in [3.8, 4) is 0 Å². The summed E-state index contributed by atoms with van der Waals surface area (Å²) in [6.07, 6.45) is -0.214. The number of carbonyl (C=O) groups excluding carboxylic acids is 2. The predicted octanol–water partition coefficient (Wildman–Crippen LogP) is 1.50. The zero-order valence-corrected chi connectivity index (χ0v) is 14.9. The maximum atomic E-state index is 12.2. The third-order valence-corrected chi connectivity index (χ3v) is 3.96. The quantitative estimate of drug-likeness (QED) is 0.443. The molecule has 9 nitrogen and oxygen atoms in total. The molecule has 0 spiro atoms. The fourth-order valence-corrected chi connectivity index (χ4v) is 2.54. The van der Waals surface area contributed by atoms with Crippen LogP contribution in [-0.2, 0) is 14.3 Å². The van der Waals surface area contributed by atoms with Gasteiger partial charge in [-0.2, -0.15) is 0 Å². The Bertz CT molecular complexity index is 672. The van der Waals surface area contributed by atoms with Gasteiger partial charge in [0.1, 0.15) is 5.69 Å². The summed E-state index contributed by atoms with van der Waals surface area (Å²) in [6.45, 7) is 5.92. The molecule has 0 bridgehead atoms. The van der Waals surface area contributed by atoms with Crippen molar-refractivity contribution in [3.05, 3.63) is 33.9 Å². The van der Waals surface area contributed by atoms with E-state index in [9.17, 15) is 19.7 Å². The highest BCUT2D eigenvalue weighted by molar-refractivity contribution is 5.93. The molecule has 1 N–H and O–H groups in total. The molecule has 0 saturated carbocycles. The van der Waals surface area contributed by atoms with Gasteiger partial charge in [-0.1, -0.05) is 6.92 Å². The Morgan fingerprint density at radius 1 is 1.38 bits per heavy atom. The lowest BCUT2D eigenvalue weighted by molar-refractivity contribution is -0.384. The second-order valence-electron chi connectivity index (χ2n) is 5.90. The number of nitrogens with one attached hydrogen (secondary N) is 1.